The second-order valence-corrected chi connectivity index (χ2v) is 6.54. The number of hydrogen-bond acceptors (Lipinski definition) is 2. The maximum absolute atomic E-state index is 5.99. The van der Waals surface area contributed by atoms with Gasteiger partial charge in [-0.2, -0.15) is 0 Å². The zero-order valence-electron chi connectivity index (χ0n) is 10.1. The minimum Gasteiger partial charge on any atom is -0.398 e. The van der Waals surface area contributed by atoms with Crippen molar-refractivity contribution in [3.05, 3.63) is 24.3 Å². The highest BCUT2D eigenvalue weighted by Crippen LogP contribution is 2.40. The number of anilines is 1. The van der Waals surface area contributed by atoms with Crippen molar-refractivity contribution in [2.24, 2.45) is 11.8 Å². The number of rotatable bonds is 2. The van der Waals surface area contributed by atoms with E-state index in [1.54, 1.807) is 0 Å². The normalized spacial score (nSPS) is 30.2. The SMILES string of the molecule is CC1CC(C)CC(Sc2ccccc2N)C1. The first kappa shape index (κ1) is 11.8. The van der Waals surface area contributed by atoms with Crippen LogP contribution in [0.15, 0.2) is 29.2 Å². The molecule has 2 rings (SSSR count). The van der Waals surface area contributed by atoms with Crippen LogP contribution in [0.25, 0.3) is 0 Å². The van der Waals surface area contributed by atoms with E-state index in [1.165, 1.54) is 24.2 Å². The lowest BCUT2D eigenvalue weighted by atomic mass is 9.83. The van der Waals surface area contributed by atoms with Gasteiger partial charge in [0.2, 0.25) is 0 Å². The van der Waals surface area contributed by atoms with Gasteiger partial charge in [0.15, 0.2) is 0 Å². The van der Waals surface area contributed by atoms with Crippen LogP contribution in [0.3, 0.4) is 0 Å². The molecular formula is C14H21NS. The molecule has 0 amide bonds. The van der Waals surface area contributed by atoms with Crippen molar-refractivity contribution >= 4 is 17.4 Å². The Balaban J connectivity index is 2.02. The highest BCUT2D eigenvalue weighted by Gasteiger charge is 2.24. The molecule has 1 aromatic rings. The number of hydrogen-bond donors (Lipinski definition) is 1. The summed E-state index contributed by atoms with van der Waals surface area (Å²) in [5.41, 5.74) is 6.92. The van der Waals surface area contributed by atoms with E-state index in [0.29, 0.717) is 0 Å². The van der Waals surface area contributed by atoms with E-state index in [1.807, 2.05) is 23.9 Å². The largest absolute Gasteiger partial charge is 0.398 e. The molecule has 1 fully saturated rings. The topological polar surface area (TPSA) is 26.0 Å². The van der Waals surface area contributed by atoms with Crippen molar-refractivity contribution in [3.63, 3.8) is 0 Å². The second kappa shape index (κ2) is 5.13. The summed E-state index contributed by atoms with van der Waals surface area (Å²) in [5, 5.41) is 0.753. The number of benzene rings is 1. The van der Waals surface area contributed by atoms with Crippen molar-refractivity contribution in [3.8, 4) is 0 Å². The van der Waals surface area contributed by atoms with Crippen molar-refractivity contribution in [2.75, 3.05) is 5.73 Å². The Morgan fingerprint density at radius 3 is 2.31 bits per heavy atom. The van der Waals surface area contributed by atoms with Crippen LogP contribution in [0, 0.1) is 11.8 Å². The van der Waals surface area contributed by atoms with Gasteiger partial charge in [-0.3, -0.25) is 0 Å². The zero-order valence-corrected chi connectivity index (χ0v) is 11.0. The number of para-hydroxylation sites is 1. The van der Waals surface area contributed by atoms with Crippen molar-refractivity contribution < 1.29 is 0 Å². The van der Waals surface area contributed by atoms with Gasteiger partial charge in [0.05, 0.1) is 0 Å². The van der Waals surface area contributed by atoms with Crippen molar-refractivity contribution in [2.45, 2.75) is 43.3 Å². The van der Waals surface area contributed by atoms with E-state index in [4.69, 9.17) is 5.73 Å². The third-order valence-electron chi connectivity index (χ3n) is 3.35. The quantitative estimate of drug-likeness (QED) is 0.778. The van der Waals surface area contributed by atoms with E-state index in [0.717, 1.165) is 22.8 Å². The minimum absolute atomic E-state index is 0.753. The molecule has 16 heavy (non-hydrogen) atoms. The van der Waals surface area contributed by atoms with Crippen LogP contribution in [0.2, 0.25) is 0 Å². The van der Waals surface area contributed by atoms with Crippen LogP contribution in [-0.4, -0.2) is 5.25 Å². The predicted octanol–water partition coefficient (Wildman–Crippen LogP) is 4.19. The molecule has 2 N–H and O–H groups in total. The third-order valence-corrected chi connectivity index (χ3v) is 4.69. The maximum Gasteiger partial charge on any atom is 0.0452 e. The Morgan fingerprint density at radius 2 is 1.69 bits per heavy atom. The molecule has 0 bridgehead atoms. The van der Waals surface area contributed by atoms with Crippen LogP contribution < -0.4 is 5.73 Å². The van der Waals surface area contributed by atoms with Gasteiger partial charge in [-0.1, -0.05) is 26.0 Å². The lowest BCUT2D eigenvalue weighted by Gasteiger charge is -2.31. The second-order valence-electron chi connectivity index (χ2n) is 5.20. The fourth-order valence-electron chi connectivity index (χ4n) is 2.74. The van der Waals surface area contributed by atoms with Gasteiger partial charge in [0.25, 0.3) is 0 Å². The first-order chi connectivity index (χ1) is 7.65. The smallest absolute Gasteiger partial charge is 0.0452 e. The zero-order chi connectivity index (χ0) is 11.5. The molecule has 1 saturated carbocycles. The summed E-state index contributed by atoms with van der Waals surface area (Å²) in [7, 11) is 0. The van der Waals surface area contributed by atoms with E-state index in [-0.39, 0.29) is 0 Å². The summed E-state index contributed by atoms with van der Waals surface area (Å²) in [4.78, 5) is 1.26. The third kappa shape index (κ3) is 2.94. The fraction of sp³-hybridized carbons (Fsp3) is 0.571. The number of nitrogen functional groups attached to an aromatic ring is 1. The maximum atomic E-state index is 5.99. The molecule has 2 atom stereocenters. The van der Waals surface area contributed by atoms with Gasteiger partial charge in [-0.25, -0.2) is 0 Å². The molecule has 0 spiro atoms. The lowest BCUT2D eigenvalue weighted by Crippen LogP contribution is -2.21. The molecule has 0 aliphatic heterocycles. The minimum atomic E-state index is 0.753. The molecule has 1 nitrogen and oxygen atoms in total. The van der Waals surface area contributed by atoms with Crippen LogP contribution in [0.4, 0.5) is 5.69 Å². The van der Waals surface area contributed by atoms with E-state index in [2.05, 4.69) is 26.0 Å². The average Bonchev–Trinajstić information content (AvgIpc) is 2.20. The Bertz CT molecular complexity index is 340. The standard InChI is InChI=1S/C14H21NS/c1-10-7-11(2)9-12(8-10)16-14-6-4-3-5-13(14)15/h3-6,10-12H,7-9,15H2,1-2H3. The lowest BCUT2D eigenvalue weighted by molar-refractivity contribution is 0.309. The molecule has 1 aliphatic carbocycles. The molecule has 1 aromatic carbocycles. The van der Waals surface area contributed by atoms with E-state index >= 15 is 0 Å². The molecule has 0 radical (unpaired) electrons. The summed E-state index contributed by atoms with van der Waals surface area (Å²) in [6.07, 6.45) is 4.06. The number of nitrogens with two attached hydrogens (primary N) is 1. The summed E-state index contributed by atoms with van der Waals surface area (Å²) in [5.74, 6) is 1.73. The first-order valence-electron chi connectivity index (χ1n) is 6.16. The van der Waals surface area contributed by atoms with E-state index < -0.39 is 0 Å². The van der Waals surface area contributed by atoms with Gasteiger partial charge in [-0.15, -0.1) is 11.8 Å². The van der Waals surface area contributed by atoms with Crippen LogP contribution in [-0.2, 0) is 0 Å². The van der Waals surface area contributed by atoms with Gasteiger partial charge in [0, 0.05) is 15.8 Å². The highest BCUT2D eigenvalue weighted by molar-refractivity contribution is 8.00. The van der Waals surface area contributed by atoms with Crippen molar-refractivity contribution in [1.82, 2.24) is 0 Å². The fourth-order valence-corrected chi connectivity index (χ4v) is 4.31. The molecular weight excluding hydrogens is 214 g/mol. The summed E-state index contributed by atoms with van der Waals surface area (Å²) in [6, 6.07) is 8.22. The highest BCUT2D eigenvalue weighted by atomic mass is 32.2. The molecule has 2 unspecified atom stereocenters. The van der Waals surface area contributed by atoms with Gasteiger partial charge < -0.3 is 5.73 Å². The first-order valence-corrected chi connectivity index (χ1v) is 7.04. The molecule has 2 heteroatoms. The van der Waals surface area contributed by atoms with Gasteiger partial charge in [0.1, 0.15) is 0 Å². The van der Waals surface area contributed by atoms with Crippen LogP contribution in [0.1, 0.15) is 33.1 Å². The van der Waals surface area contributed by atoms with Gasteiger partial charge in [-0.05, 0) is 43.2 Å². The Hall–Kier alpha value is -0.630. The van der Waals surface area contributed by atoms with Crippen LogP contribution in [0.5, 0.6) is 0 Å². The Labute approximate surface area is 103 Å². The Morgan fingerprint density at radius 1 is 1.06 bits per heavy atom. The molecule has 88 valence electrons. The van der Waals surface area contributed by atoms with Crippen molar-refractivity contribution in [1.29, 1.82) is 0 Å². The van der Waals surface area contributed by atoms with Crippen LogP contribution >= 0.6 is 11.8 Å². The summed E-state index contributed by atoms with van der Waals surface area (Å²) >= 11 is 1.97. The molecule has 0 saturated heterocycles. The average molecular weight is 235 g/mol. The van der Waals surface area contributed by atoms with E-state index in [9.17, 15) is 0 Å². The summed E-state index contributed by atoms with van der Waals surface area (Å²) < 4.78 is 0. The summed E-state index contributed by atoms with van der Waals surface area (Å²) in [6.45, 7) is 4.75. The predicted molar refractivity (Wildman–Crippen MR) is 72.7 cm³/mol. The number of thioether (sulfide) groups is 1. The molecule has 1 aliphatic rings. The van der Waals surface area contributed by atoms with Gasteiger partial charge >= 0.3 is 0 Å². The Kier molecular flexibility index (Phi) is 3.80. The molecule has 0 aromatic heterocycles. The molecule has 0 heterocycles. The monoisotopic (exact) mass is 235 g/mol.